The molecule has 1 aliphatic carbocycles. The minimum Gasteiger partial charge on any atom is -0.301 e. The summed E-state index contributed by atoms with van der Waals surface area (Å²) in [7, 11) is 0. The maximum absolute atomic E-state index is 12.5. The lowest BCUT2D eigenvalue weighted by atomic mass is 10.2. The van der Waals surface area contributed by atoms with Crippen LogP contribution in [0.5, 0.6) is 0 Å². The molecule has 9 heteroatoms. The van der Waals surface area contributed by atoms with Crippen LogP contribution in [-0.4, -0.2) is 31.3 Å². The molecule has 0 bridgehead atoms. The Morgan fingerprint density at radius 1 is 1.36 bits per heavy atom. The summed E-state index contributed by atoms with van der Waals surface area (Å²) >= 11 is 2.67. The van der Waals surface area contributed by atoms with Crippen molar-refractivity contribution in [3.8, 4) is 0 Å². The number of thioether (sulfide) groups is 1. The highest BCUT2D eigenvalue weighted by atomic mass is 32.2. The van der Waals surface area contributed by atoms with Crippen molar-refractivity contribution in [3.05, 3.63) is 26.6 Å². The lowest BCUT2D eigenvalue weighted by Gasteiger charge is -2.13. The SMILES string of the molecule is CCC(Sc1nc2c(c(=O)[nH]1)CCC2)C(=O)Nc1nnc(C(C)C)s1. The lowest BCUT2D eigenvalue weighted by molar-refractivity contribution is -0.115. The quantitative estimate of drug-likeness (QED) is 0.591. The van der Waals surface area contributed by atoms with Crippen LogP contribution < -0.4 is 10.9 Å². The molecule has 0 saturated heterocycles. The van der Waals surface area contributed by atoms with E-state index in [1.807, 2.05) is 20.8 Å². The van der Waals surface area contributed by atoms with E-state index < -0.39 is 0 Å². The van der Waals surface area contributed by atoms with Crippen LogP contribution in [0.15, 0.2) is 9.95 Å². The molecule has 0 saturated carbocycles. The first-order valence-electron chi connectivity index (χ1n) is 8.41. The second kappa shape index (κ2) is 7.65. The molecular formula is C16H21N5O2S2. The van der Waals surface area contributed by atoms with E-state index in [1.165, 1.54) is 23.1 Å². The number of hydrogen-bond donors (Lipinski definition) is 2. The largest absolute Gasteiger partial charge is 0.301 e. The summed E-state index contributed by atoms with van der Waals surface area (Å²) in [6.45, 7) is 6.00. The van der Waals surface area contributed by atoms with Crippen molar-refractivity contribution in [2.24, 2.45) is 0 Å². The van der Waals surface area contributed by atoms with Crippen molar-refractivity contribution in [1.29, 1.82) is 0 Å². The molecular weight excluding hydrogens is 358 g/mol. The number of carbonyl (C=O) groups excluding carboxylic acids is 1. The molecule has 0 fully saturated rings. The fourth-order valence-electron chi connectivity index (χ4n) is 2.64. The monoisotopic (exact) mass is 379 g/mol. The van der Waals surface area contributed by atoms with Gasteiger partial charge in [-0.1, -0.05) is 43.9 Å². The summed E-state index contributed by atoms with van der Waals surface area (Å²) in [6.07, 6.45) is 3.20. The van der Waals surface area contributed by atoms with Crippen LogP contribution in [0.2, 0.25) is 0 Å². The Morgan fingerprint density at radius 2 is 2.16 bits per heavy atom. The number of aromatic amines is 1. The minimum atomic E-state index is -0.353. The van der Waals surface area contributed by atoms with Crippen molar-refractivity contribution in [1.82, 2.24) is 20.2 Å². The minimum absolute atomic E-state index is 0.0778. The van der Waals surface area contributed by atoms with Gasteiger partial charge in [0.2, 0.25) is 11.0 Å². The molecule has 134 valence electrons. The molecule has 7 nitrogen and oxygen atoms in total. The highest BCUT2D eigenvalue weighted by Gasteiger charge is 2.23. The van der Waals surface area contributed by atoms with E-state index in [1.54, 1.807) is 0 Å². The van der Waals surface area contributed by atoms with Crippen molar-refractivity contribution in [2.75, 3.05) is 5.32 Å². The van der Waals surface area contributed by atoms with Gasteiger partial charge in [0.05, 0.1) is 10.9 Å². The second-order valence-corrected chi connectivity index (χ2v) is 8.45. The number of aromatic nitrogens is 4. The molecule has 0 radical (unpaired) electrons. The number of amides is 1. The molecule has 2 aromatic rings. The van der Waals surface area contributed by atoms with Gasteiger partial charge in [0.25, 0.3) is 5.56 Å². The summed E-state index contributed by atoms with van der Waals surface area (Å²) in [5, 5.41) is 12.5. The van der Waals surface area contributed by atoms with Crippen molar-refractivity contribution >= 4 is 34.1 Å². The summed E-state index contributed by atoms with van der Waals surface area (Å²) in [4.78, 5) is 32.0. The Labute approximate surface area is 154 Å². The number of nitrogens with one attached hydrogen (secondary N) is 2. The van der Waals surface area contributed by atoms with E-state index in [4.69, 9.17) is 0 Å². The van der Waals surface area contributed by atoms with E-state index in [9.17, 15) is 9.59 Å². The smallest absolute Gasteiger partial charge is 0.254 e. The first kappa shape index (κ1) is 18.1. The molecule has 1 atom stereocenters. The Balaban J connectivity index is 1.70. The van der Waals surface area contributed by atoms with Crippen LogP contribution in [0.4, 0.5) is 5.13 Å². The van der Waals surface area contributed by atoms with Crippen LogP contribution in [0.3, 0.4) is 0 Å². The predicted octanol–water partition coefficient (Wildman–Crippen LogP) is 2.74. The highest BCUT2D eigenvalue weighted by molar-refractivity contribution is 8.00. The van der Waals surface area contributed by atoms with Gasteiger partial charge >= 0.3 is 0 Å². The topological polar surface area (TPSA) is 101 Å². The lowest BCUT2D eigenvalue weighted by Crippen LogP contribution is -2.25. The molecule has 2 N–H and O–H groups in total. The van der Waals surface area contributed by atoms with E-state index in [0.29, 0.717) is 16.7 Å². The summed E-state index contributed by atoms with van der Waals surface area (Å²) < 4.78 is 0. The number of carbonyl (C=O) groups is 1. The van der Waals surface area contributed by atoms with Crippen molar-refractivity contribution < 1.29 is 4.79 Å². The van der Waals surface area contributed by atoms with E-state index in [0.717, 1.165) is 35.5 Å². The third-order valence-corrected chi connectivity index (χ3v) is 6.39. The summed E-state index contributed by atoms with van der Waals surface area (Å²) in [6, 6.07) is 0. The molecule has 0 aliphatic heterocycles. The number of nitrogens with zero attached hydrogens (tertiary/aromatic N) is 3. The third kappa shape index (κ3) is 4.09. The molecule has 2 heterocycles. The predicted molar refractivity (Wildman–Crippen MR) is 99.4 cm³/mol. The molecule has 1 amide bonds. The van der Waals surface area contributed by atoms with Gasteiger partial charge in [-0.2, -0.15) is 0 Å². The molecule has 1 unspecified atom stereocenters. The Hall–Kier alpha value is -1.74. The normalized spacial score (nSPS) is 14.6. The molecule has 25 heavy (non-hydrogen) atoms. The third-order valence-electron chi connectivity index (χ3n) is 4.00. The van der Waals surface area contributed by atoms with Crippen LogP contribution >= 0.6 is 23.1 Å². The first-order valence-corrected chi connectivity index (χ1v) is 10.1. The molecule has 0 spiro atoms. The van der Waals surface area contributed by atoms with Gasteiger partial charge in [0.1, 0.15) is 5.01 Å². The van der Waals surface area contributed by atoms with E-state index in [2.05, 4.69) is 25.5 Å². The number of hydrogen-bond acceptors (Lipinski definition) is 7. The Bertz CT molecular complexity index is 830. The van der Waals surface area contributed by atoms with Crippen molar-refractivity contribution in [3.63, 3.8) is 0 Å². The molecule has 3 rings (SSSR count). The maximum atomic E-state index is 12.5. The zero-order valence-corrected chi connectivity index (χ0v) is 16.1. The first-order chi connectivity index (χ1) is 12.0. The van der Waals surface area contributed by atoms with E-state index >= 15 is 0 Å². The highest BCUT2D eigenvalue weighted by Crippen LogP contribution is 2.27. The number of anilines is 1. The van der Waals surface area contributed by atoms with Gasteiger partial charge in [0.15, 0.2) is 5.16 Å². The van der Waals surface area contributed by atoms with E-state index in [-0.39, 0.29) is 22.6 Å². The van der Waals surface area contributed by atoms with Crippen LogP contribution in [0, 0.1) is 0 Å². The van der Waals surface area contributed by atoms with Gasteiger partial charge in [-0.15, -0.1) is 10.2 Å². The molecule has 2 aromatic heterocycles. The maximum Gasteiger partial charge on any atom is 0.254 e. The molecule has 1 aliphatic rings. The number of rotatable bonds is 6. The van der Waals surface area contributed by atoms with Crippen LogP contribution in [-0.2, 0) is 17.6 Å². The van der Waals surface area contributed by atoms with Gasteiger partial charge in [0, 0.05) is 11.5 Å². The number of aryl methyl sites for hydroxylation is 1. The average molecular weight is 380 g/mol. The zero-order chi connectivity index (χ0) is 18.0. The fourth-order valence-corrected chi connectivity index (χ4v) is 4.30. The van der Waals surface area contributed by atoms with Gasteiger partial charge < -0.3 is 4.98 Å². The van der Waals surface area contributed by atoms with Gasteiger partial charge in [-0.05, 0) is 25.7 Å². The zero-order valence-electron chi connectivity index (χ0n) is 14.5. The Morgan fingerprint density at radius 3 is 2.84 bits per heavy atom. The Kier molecular flexibility index (Phi) is 5.53. The average Bonchev–Trinajstić information content (AvgIpc) is 3.21. The fraction of sp³-hybridized carbons (Fsp3) is 0.562. The van der Waals surface area contributed by atoms with Crippen LogP contribution in [0.25, 0.3) is 0 Å². The van der Waals surface area contributed by atoms with Crippen LogP contribution in [0.1, 0.15) is 55.8 Å². The molecule has 0 aromatic carbocycles. The number of fused-ring (bicyclic) bond motifs is 1. The van der Waals surface area contributed by atoms with Gasteiger partial charge in [-0.25, -0.2) is 4.98 Å². The summed E-state index contributed by atoms with van der Waals surface area (Å²) in [5.74, 6) is 0.127. The second-order valence-electron chi connectivity index (χ2n) is 6.25. The van der Waals surface area contributed by atoms with Gasteiger partial charge in [-0.3, -0.25) is 14.9 Å². The summed E-state index contributed by atoms with van der Waals surface area (Å²) in [5.41, 5.74) is 1.58. The van der Waals surface area contributed by atoms with Crippen molar-refractivity contribution in [2.45, 2.75) is 62.8 Å². The number of H-pyrrole nitrogens is 1. The standard InChI is InChI=1S/C16H21N5O2S2/c1-4-11(13(23)19-16-21-20-14(25-16)8(2)3)24-15-17-10-7-5-6-9(10)12(22)18-15/h8,11H,4-7H2,1-3H3,(H,17,18,22)(H,19,21,23).